The molecule has 108 valence electrons. The maximum atomic E-state index is 11.8. The number of aromatic nitrogens is 2. The Bertz CT molecular complexity index is 770. The quantitative estimate of drug-likeness (QED) is 0.824. The minimum atomic E-state index is -3.55. The molecular formula is C12H16N4O3S. The van der Waals surface area contributed by atoms with Gasteiger partial charge in [0, 0.05) is 13.6 Å². The molecule has 2 aromatic rings. The van der Waals surface area contributed by atoms with Gasteiger partial charge in [0.2, 0.25) is 0 Å². The van der Waals surface area contributed by atoms with Gasteiger partial charge in [0.1, 0.15) is 5.82 Å². The summed E-state index contributed by atoms with van der Waals surface area (Å²) in [6, 6.07) is 6.89. The van der Waals surface area contributed by atoms with E-state index in [2.05, 4.69) is 14.7 Å². The second kappa shape index (κ2) is 5.70. The van der Waals surface area contributed by atoms with Crippen molar-refractivity contribution in [2.75, 3.05) is 13.6 Å². The number of nitrogens with zero attached hydrogens (tertiary/aromatic N) is 2. The number of nitrogens with one attached hydrogen (secondary N) is 2. The number of hydrogen-bond donors (Lipinski definition) is 2. The van der Waals surface area contributed by atoms with E-state index in [1.165, 1.54) is 11.4 Å². The molecule has 1 heterocycles. The van der Waals surface area contributed by atoms with Gasteiger partial charge in [-0.3, -0.25) is 4.79 Å². The number of rotatable bonds is 5. The topological polar surface area (TPSA) is 95.2 Å². The lowest BCUT2D eigenvalue weighted by molar-refractivity contribution is 0.472. The molecule has 0 radical (unpaired) electrons. The summed E-state index contributed by atoms with van der Waals surface area (Å²) in [6.07, 6.45) is 0. The average molecular weight is 296 g/mol. The maximum Gasteiger partial charge on any atom is 0.279 e. The van der Waals surface area contributed by atoms with Crippen LogP contribution in [-0.4, -0.2) is 36.3 Å². The minimum Gasteiger partial charge on any atom is -0.309 e. The molecule has 2 rings (SSSR count). The van der Waals surface area contributed by atoms with Crippen LogP contribution in [0.1, 0.15) is 12.7 Å². The summed E-state index contributed by atoms with van der Waals surface area (Å²) >= 11 is 0. The summed E-state index contributed by atoms with van der Waals surface area (Å²) in [5.41, 5.74) is 0.253. The molecule has 1 aromatic carbocycles. The van der Waals surface area contributed by atoms with Crippen LogP contribution in [0.2, 0.25) is 0 Å². The van der Waals surface area contributed by atoms with Crippen LogP contribution >= 0.6 is 0 Å². The van der Waals surface area contributed by atoms with Gasteiger partial charge in [-0.1, -0.05) is 19.1 Å². The van der Waals surface area contributed by atoms with Crippen molar-refractivity contribution in [1.82, 2.24) is 19.0 Å². The van der Waals surface area contributed by atoms with Gasteiger partial charge in [-0.25, -0.2) is 4.98 Å². The SMILES string of the molecule is CCN(C)S(=O)(=O)NCc1nc2ccccc2c(=O)[nH]1. The largest absolute Gasteiger partial charge is 0.309 e. The van der Waals surface area contributed by atoms with Gasteiger partial charge in [-0.2, -0.15) is 17.4 Å². The molecule has 20 heavy (non-hydrogen) atoms. The lowest BCUT2D eigenvalue weighted by Gasteiger charge is -2.15. The molecule has 0 fully saturated rings. The van der Waals surface area contributed by atoms with Crippen molar-refractivity contribution in [1.29, 1.82) is 0 Å². The Labute approximate surface area is 116 Å². The van der Waals surface area contributed by atoms with Crippen LogP contribution < -0.4 is 10.3 Å². The van der Waals surface area contributed by atoms with Gasteiger partial charge in [-0.05, 0) is 12.1 Å². The van der Waals surface area contributed by atoms with Crippen LogP contribution in [0.4, 0.5) is 0 Å². The first-order chi connectivity index (χ1) is 9.44. The van der Waals surface area contributed by atoms with Crippen molar-refractivity contribution in [2.24, 2.45) is 0 Å². The fraction of sp³-hybridized carbons (Fsp3) is 0.333. The molecule has 0 atom stereocenters. The van der Waals surface area contributed by atoms with Crippen LogP contribution in [0, 0.1) is 0 Å². The molecular weight excluding hydrogens is 280 g/mol. The second-order valence-corrected chi connectivity index (χ2v) is 6.13. The van der Waals surface area contributed by atoms with Gasteiger partial charge in [0.15, 0.2) is 0 Å². The maximum absolute atomic E-state index is 11.8. The molecule has 7 nitrogen and oxygen atoms in total. The molecule has 0 unspecified atom stereocenters. The zero-order valence-electron chi connectivity index (χ0n) is 11.3. The van der Waals surface area contributed by atoms with Crippen molar-refractivity contribution in [3.05, 3.63) is 40.4 Å². The van der Waals surface area contributed by atoms with Gasteiger partial charge in [0.05, 0.1) is 17.4 Å². The lowest BCUT2D eigenvalue weighted by Crippen LogP contribution is -2.38. The fourth-order valence-electron chi connectivity index (χ4n) is 1.66. The number of benzene rings is 1. The zero-order chi connectivity index (χ0) is 14.8. The normalized spacial score (nSPS) is 12.2. The van der Waals surface area contributed by atoms with Gasteiger partial charge < -0.3 is 4.98 Å². The van der Waals surface area contributed by atoms with Crippen molar-refractivity contribution in [2.45, 2.75) is 13.5 Å². The predicted octanol–water partition coefficient (Wildman–Crippen LogP) is 0.209. The first-order valence-corrected chi connectivity index (χ1v) is 7.57. The van der Waals surface area contributed by atoms with Crippen molar-refractivity contribution in [3.63, 3.8) is 0 Å². The van der Waals surface area contributed by atoms with Gasteiger partial charge in [0.25, 0.3) is 15.8 Å². The first-order valence-electron chi connectivity index (χ1n) is 6.13. The van der Waals surface area contributed by atoms with Crippen LogP contribution in [0.25, 0.3) is 10.9 Å². The van der Waals surface area contributed by atoms with E-state index >= 15 is 0 Å². The average Bonchev–Trinajstić information content (AvgIpc) is 2.44. The van der Waals surface area contributed by atoms with Crippen molar-refractivity contribution >= 4 is 21.1 Å². The highest BCUT2D eigenvalue weighted by Crippen LogP contribution is 2.05. The summed E-state index contributed by atoms with van der Waals surface area (Å²) in [7, 11) is -2.08. The third-order valence-electron chi connectivity index (χ3n) is 2.94. The Morgan fingerprint density at radius 1 is 1.35 bits per heavy atom. The molecule has 0 spiro atoms. The number of para-hydroxylation sites is 1. The van der Waals surface area contributed by atoms with E-state index in [4.69, 9.17) is 0 Å². The summed E-state index contributed by atoms with van der Waals surface area (Å²) in [5.74, 6) is 0.279. The van der Waals surface area contributed by atoms with Crippen molar-refractivity contribution in [3.8, 4) is 0 Å². The molecule has 0 bridgehead atoms. The minimum absolute atomic E-state index is 0.0628. The van der Waals surface area contributed by atoms with E-state index in [0.29, 0.717) is 17.4 Å². The van der Waals surface area contributed by atoms with Crippen LogP contribution in [0.15, 0.2) is 29.1 Å². The third kappa shape index (κ3) is 3.03. The molecule has 0 saturated heterocycles. The predicted molar refractivity (Wildman–Crippen MR) is 76.4 cm³/mol. The summed E-state index contributed by atoms with van der Waals surface area (Å²) in [4.78, 5) is 18.6. The van der Waals surface area contributed by atoms with E-state index in [1.807, 2.05) is 0 Å². The molecule has 2 N–H and O–H groups in total. The summed E-state index contributed by atoms with van der Waals surface area (Å²) in [5, 5.41) is 0.477. The molecule has 1 aromatic heterocycles. The van der Waals surface area contributed by atoms with Crippen LogP contribution in [0.3, 0.4) is 0 Å². The Balaban J connectivity index is 2.25. The highest BCUT2D eigenvalue weighted by atomic mass is 32.2. The highest BCUT2D eigenvalue weighted by molar-refractivity contribution is 7.87. The monoisotopic (exact) mass is 296 g/mol. The second-order valence-electron chi connectivity index (χ2n) is 4.27. The van der Waals surface area contributed by atoms with Crippen molar-refractivity contribution < 1.29 is 8.42 Å². The third-order valence-corrected chi connectivity index (χ3v) is 4.53. The number of aromatic amines is 1. The number of hydrogen-bond acceptors (Lipinski definition) is 4. The standard InChI is InChI=1S/C12H16N4O3S/c1-3-16(2)20(18,19)13-8-11-14-10-7-5-4-6-9(10)12(17)15-11/h4-7,13H,3,8H2,1-2H3,(H,14,15,17). The Kier molecular flexibility index (Phi) is 4.17. The Hall–Kier alpha value is -1.77. The van der Waals surface area contributed by atoms with E-state index in [-0.39, 0.29) is 17.9 Å². The van der Waals surface area contributed by atoms with E-state index in [9.17, 15) is 13.2 Å². The molecule has 0 saturated carbocycles. The van der Waals surface area contributed by atoms with E-state index in [0.717, 1.165) is 0 Å². The van der Waals surface area contributed by atoms with E-state index in [1.54, 1.807) is 31.2 Å². The molecule has 0 aliphatic heterocycles. The molecule has 8 heteroatoms. The van der Waals surface area contributed by atoms with Crippen LogP contribution in [0.5, 0.6) is 0 Å². The molecule has 0 aliphatic carbocycles. The van der Waals surface area contributed by atoms with Gasteiger partial charge >= 0.3 is 0 Å². The first kappa shape index (κ1) is 14.6. The lowest BCUT2D eigenvalue weighted by atomic mass is 10.2. The Morgan fingerprint density at radius 3 is 2.75 bits per heavy atom. The molecule has 0 amide bonds. The Morgan fingerprint density at radius 2 is 2.05 bits per heavy atom. The zero-order valence-corrected chi connectivity index (χ0v) is 12.1. The van der Waals surface area contributed by atoms with Crippen LogP contribution in [-0.2, 0) is 16.8 Å². The molecule has 0 aliphatic rings. The summed E-state index contributed by atoms with van der Waals surface area (Å²) < 4.78 is 27.1. The smallest absolute Gasteiger partial charge is 0.279 e. The summed E-state index contributed by atoms with van der Waals surface area (Å²) in [6.45, 7) is 2.03. The number of H-pyrrole nitrogens is 1. The van der Waals surface area contributed by atoms with E-state index < -0.39 is 10.2 Å². The highest BCUT2D eigenvalue weighted by Gasteiger charge is 2.15. The fourth-order valence-corrected chi connectivity index (χ4v) is 2.54. The van der Waals surface area contributed by atoms with Gasteiger partial charge in [-0.15, -0.1) is 0 Å². The number of fused-ring (bicyclic) bond motifs is 1.